The maximum atomic E-state index is 11.6. The lowest BCUT2D eigenvalue weighted by molar-refractivity contribution is 0.141. The molecule has 0 aromatic heterocycles. The Morgan fingerprint density at radius 2 is 1.83 bits per heavy atom. The van der Waals surface area contributed by atoms with Gasteiger partial charge >= 0.3 is 6.09 Å². The van der Waals surface area contributed by atoms with E-state index in [1.54, 1.807) is 0 Å². The van der Waals surface area contributed by atoms with E-state index in [2.05, 4.69) is 22.5 Å². The molecule has 0 bridgehead atoms. The third kappa shape index (κ3) is 5.85. The molecule has 0 unspecified atom stereocenters. The van der Waals surface area contributed by atoms with Gasteiger partial charge in [0.05, 0.1) is 6.54 Å². The minimum Gasteiger partial charge on any atom is -0.445 e. The van der Waals surface area contributed by atoms with Crippen molar-refractivity contribution in [2.75, 3.05) is 13.6 Å². The second kappa shape index (κ2) is 9.29. The number of ether oxygens (including phenoxy) is 1. The van der Waals surface area contributed by atoms with Crippen molar-refractivity contribution in [1.82, 2.24) is 10.6 Å². The molecule has 2 rings (SSSR count). The van der Waals surface area contributed by atoms with Crippen LogP contribution < -0.4 is 10.6 Å². The van der Waals surface area contributed by atoms with Crippen molar-refractivity contribution in [1.29, 1.82) is 0 Å². The number of benzene rings is 2. The Balaban J connectivity index is 1.78. The van der Waals surface area contributed by atoms with Crippen molar-refractivity contribution < 1.29 is 9.53 Å². The van der Waals surface area contributed by atoms with Gasteiger partial charge in [-0.15, -0.1) is 0 Å². The quantitative estimate of drug-likeness (QED) is 0.835. The average molecular weight is 308 g/mol. The Kier molecular flexibility index (Phi) is 6.70. The van der Waals surface area contributed by atoms with Gasteiger partial charge < -0.3 is 15.4 Å². The third-order valence-electron chi connectivity index (χ3n) is 3.14. The van der Waals surface area contributed by atoms with Crippen LogP contribution in [0.1, 0.15) is 16.7 Å². The van der Waals surface area contributed by atoms with Gasteiger partial charge in [-0.1, -0.05) is 60.4 Å². The summed E-state index contributed by atoms with van der Waals surface area (Å²) in [6.45, 7) is 1.27. The molecular weight excluding hydrogens is 288 g/mol. The molecule has 0 saturated carbocycles. The minimum absolute atomic E-state index is 0.251. The highest BCUT2D eigenvalue weighted by Crippen LogP contribution is 2.06. The average Bonchev–Trinajstić information content (AvgIpc) is 2.59. The Hall–Kier alpha value is -2.77. The topological polar surface area (TPSA) is 50.4 Å². The first-order valence-electron chi connectivity index (χ1n) is 7.45. The lowest BCUT2D eigenvalue weighted by Crippen LogP contribution is -2.24. The molecule has 0 aliphatic rings. The monoisotopic (exact) mass is 308 g/mol. The molecule has 0 fully saturated rings. The summed E-state index contributed by atoms with van der Waals surface area (Å²) < 4.78 is 5.11. The van der Waals surface area contributed by atoms with Crippen molar-refractivity contribution in [2.45, 2.75) is 13.2 Å². The molecule has 0 atom stereocenters. The normalized spacial score (nSPS) is 9.61. The molecular formula is C19H20N2O2. The van der Waals surface area contributed by atoms with Crippen LogP contribution in [0.5, 0.6) is 0 Å². The van der Waals surface area contributed by atoms with Crippen LogP contribution in [0.15, 0.2) is 54.6 Å². The summed E-state index contributed by atoms with van der Waals surface area (Å²) in [5.74, 6) is 6.01. The van der Waals surface area contributed by atoms with E-state index in [1.807, 2.05) is 61.6 Å². The number of carbonyl (C=O) groups is 1. The van der Waals surface area contributed by atoms with Crippen LogP contribution in [-0.2, 0) is 17.9 Å². The fraction of sp³-hybridized carbons (Fsp3) is 0.211. The summed E-state index contributed by atoms with van der Waals surface area (Å²) in [6, 6.07) is 17.5. The third-order valence-corrected chi connectivity index (χ3v) is 3.14. The SMILES string of the molecule is CNCc1ccccc1C#CCNC(=O)OCc1ccccc1. The number of amides is 1. The Morgan fingerprint density at radius 3 is 2.61 bits per heavy atom. The Morgan fingerprint density at radius 1 is 1.09 bits per heavy atom. The summed E-state index contributed by atoms with van der Waals surface area (Å²) >= 11 is 0. The molecule has 0 radical (unpaired) electrons. The van der Waals surface area contributed by atoms with E-state index < -0.39 is 6.09 Å². The van der Waals surface area contributed by atoms with Crippen molar-refractivity contribution in [3.05, 3.63) is 71.3 Å². The molecule has 2 N–H and O–H groups in total. The number of rotatable bonds is 5. The molecule has 4 nitrogen and oxygen atoms in total. The van der Waals surface area contributed by atoms with Gasteiger partial charge in [0.2, 0.25) is 0 Å². The largest absolute Gasteiger partial charge is 0.445 e. The molecule has 2 aromatic carbocycles. The van der Waals surface area contributed by atoms with Crippen LogP contribution in [-0.4, -0.2) is 19.7 Å². The van der Waals surface area contributed by atoms with Gasteiger partial charge in [0.25, 0.3) is 0 Å². The molecule has 0 heterocycles. The van der Waals surface area contributed by atoms with E-state index in [1.165, 1.54) is 0 Å². The number of hydrogen-bond donors (Lipinski definition) is 2. The molecule has 0 aliphatic carbocycles. The fourth-order valence-corrected chi connectivity index (χ4v) is 2.02. The smallest absolute Gasteiger partial charge is 0.408 e. The summed E-state index contributed by atoms with van der Waals surface area (Å²) in [7, 11) is 1.90. The van der Waals surface area contributed by atoms with E-state index in [-0.39, 0.29) is 13.2 Å². The standard InChI is InChI=1S/C19H20N2O2/c1-20-14-18-11-6-5-10-17(18)12-7-13-21-19(22)23-15-16-8-3-2-4-9-16/h2-6,8-11,20H,13-15H2,1H3,(H,21,22). The van der Waals surface area contributed by atoms with Gasteiger partial charge in [-0.2, -0.15) is 0 Å². The van der Waals surface area contributed by atoms with Crippen LogP contribution in [0, 0.1) is 11.8 Å². The number of carbonyl (C=O) groups excluding carboxylic acids is 1. The number of hydrogen-bond acceptors (Lipinski definition) is 3. The Bertz CT molecular complexity index is 687. The van der Waals surface area contributed by atoms with Crippen molar-refractivity contribution >= 4 is 6.09 Å². The van der Waals surface area contributed by atoms with Gasteiger partial charge in [-0.3, -0.25) is 0 Å². The zero-order chi connectivity index (χ0) is 16.3. The molecule has 0 saturated heterocycles. The maximum Gasteiger partial charge on any atom is 0.408 e. The lowest BCUT2D eigenvalue weighted by Gasteiger charge is -2.04. The van der Waals surface area contributed by atoms with Crippen LogP contribution in [0.3, 0.4) is 0 Å². The first-order chi connectivity index (χ1) is 11.3. The number of nitrogens with one attached hydrogen (secondary N) is 2. The highest BCUT2D eigenvalue weighted by molar-refractivity contribution is 5.67. The highest BCUT2D eigenvalue weighted by atomic mass is 16.5. The van der Waals surface area contributed by atoms with Crippen molar-refractivity contribution in [3.8, 4) is 11.8 Å². The molecule has 0 spiro atoms. The molecule has 0 aliphatic heterocycles. The van der Waals surface area contributed by atoms with E-state index in [4.69, 9.17) is 4.74 Å². The first-order valence-corrected chi connectivity index (χ1v) is 7.45. The van der Waals surface area contributed by atoms with Gasteiger partial charge in [-0.05, 0) is 24.2 Å². The van der Waals surface area contributed by atoms with Crippen LogP contribution >= 0.6 is 0 Å². The van der Waals surface area contributed by atoms with Crippen molar-refractivity contribution in [3.63, 3.8) is 0 Å². The number of alkyl carbamates (subject to hydrolysis) is 1. The van der Waals surface area contributed by atoms with E-state index in [0.29, 0.717) is 0 Å². The second-order valence-electron chi connectivity index (χ2n) is 4.90. The van der Waals surface area contributed by atoms with Crippen LogP contribution in [0.2, 0.25) is 0 Å². The van der Waals surface area contributed by atoms with E-state index >= 15 is 0 Å². The van der Waals surface area contributed by atoms with Gasteiger partial charge in [0.1, 0.15) is 6.61 Å². The minimum atomic E-state index is -0.466. The summed E-state index contributed by atoms with van der Waals surface area (Å²) in [4.78, 5) is 11.6. The predicted octanol–water partition coefficient (Wildman–Crippen LogP) is 2.68. The molecule has 118 valence electrons. The summed E-state index contributed by atoms with van der Waals surface area (Å²) in [5, 5.41) is 5.73. The maximum absolute atomic E-state index is 11.6. The molecule has 1 amide bonds. The van der Waals surface area contributed by atoms with E-state index in [9.17, 15) is 4.79 Å². The van der Waals surface area contributed by atoms with Gasteiger partial charge in [0, 0.05) is 12.1 Å². The summed E-state index contributed by atoms with van der Waals surface area (Å²) in [5.41, 5.74) is 3.05. The highest BCUT2D eigenvalue weighted by Gasteiger charge is 2.00. The fourth-order valence-electron chi connectivity index (χ4n) is 2.02. The zero-order valence-electron chi connectivity index (χ0n) is 13.1. The van der Waals surface area contributed by atoms with Crippen LogP contribution in [0.25, 0.3) is 0 Å². The van der Waals surface area contributed by atoms with E-state index in [0.717, 1.165) is 23.2 Å². The first kappa shape index (κ1) is 16.6. The van der Waals surface area contributed by atoms with Gasteiger partial charge in [-0.25, -0.2) is 4.79 Å². The molecule has 23 heavy (non-hydrogen) atoms. The molecule has 2 aromatic rings. The predicted molar refractivity (Wildman–Crippen MR) is 90.7 cm³/mol. The zero-order valence-corrected chi connectivity index (χ0v) is 13.1. The Labute approximate surface area is 136 Å². The lowest BCUT2D eigenvalue weighted by atomic mass is 10.1. The van der Waals surface area contributed by atoms with Crippen molar-refractivity contribution in [2.24, 2.45) is 0 Å². The summed E-state index contributed by atoms with van der Waals surface area (Å²) in [6.07, 6.45) is -0.466. The second-order valence-corrected chi connectivity index (χ2v) is 4.90. The molecule has 4 heteroatoms. The van der Waals surface area contributed by atoms with Crippen LogP contribution in [0.4, 0.5) is 4.79 Å². The van der Waals surface area contributed by atoms with Gasteiger partial charge in [0.15, 0.2) is 0 Å².